The fourth-order valence-electron chi connectivity index (χ4n) is 3.06. The van der Waals surface area contributed by atoms with Crippen LogP contribution in [-0.4, -0.2) is 5.97 Å². The number of allylic oxidation sites excluding steroid dienone is 6. The molecular weight excluding hydrogens is 260 g/mol. The van der Waals surface area contributed by atoms with Crippen molar-refractivity contribution in [3.63, 3.8) is 0 Å². The third-order valence-electron chi connectivity index (χ3n) is 4.10. The SMILES string of the molecule is O=C(CC/C=C1\C[C@H]2C=CC=C[C@@H]1C2)Oc1ccccc1. The highest BCUT2D eigenvalue weighted by atomic mass is 16.5. The summed E-state index contributed by atoms with van der Waals surface area (Å²) in [6, 6.07) is 9.25. The number of carbonyl (C=O) groups is 1. The largest absolute Gasteiger partial charge is 0.427 e. The van der Waals surface area contributed by atoms with E-state index in [1.807, 2.05) is 18.2 Å². The average Bonchev–Trinajstić information content (AvgIpc) is 2.70. The van der Waals surface area contributed by atoms with Gasteiger partial charge in [0, 0.05) is 6.42 Å². The van der Waals surface area contributed by atoms with Crippen molar-refractivity contribution in [2.75, 3.05) is 0 Å². The fourth-order valence-corrected chi connectivity index (χ4v) is 3.06. The summed E-state index contributed by atoms with van der Waals surface area (Å²) in [6.45, 7) is 0. The van der Waals surface area contributed by atoms with Crippen molar-refractivity contribution >= 4 is 5.97 Å². The average molecular weight is 280 g/mol. The Morgan fingerprint density at radius 3 is 2.86 bits per heavy atom. The lowest BCUT2D eigenvalue weighted by molar-refractivity contribution is -0.134. The van der Waals surface area contributed by atoms with E-state index in [0.29, 0.717) is 24.0 Å². The number of esters is 1. The minimum absolute atomic E-state index is 0.160. The van der Waals surface area contributed by atoms with Crippen molar-refractivity contribution in [2.24, 2.45) is 11.8 Å². The monoisotopic (exact) mass is 280 g/mol. The maximum absolute atomic E-state index is 11.8. The molecule has 0 aliphatic heterocycles. The van der Waals surface area contributed by atoms with Crippen molar-refractivity contribution in [3.8, 4) is 5.75 Å². The zero-order valence-electron chi connectivity index (χ0n) is 12.1. The van der Waals surface area contributed by atoms with Gasteiger partial charge >= 0.3 is 5.97 Å². The van der Waals surface area contributed by atoms with E-state index in [1.165, 1.54) is 12.0 Å². The van der Waals surface area contributed by atoms with E-state index in [1.54, 1.807) is 12.1 Å². The standard InChI is InChI=1S/C19H20O2/c20-19(21-18-10-2-1-3-11-18)12-6-9-17-14-15-7-4-5-8-16(17)13-15/h1-5,7-11,15-16H,6,12-14H2/b17-9+/t15-,16+/m0/s1. The molecular formula is C19H20O2. The number of ether oxygens (including phenoxy) is 1. The summed E-state index contributed by atoms with van der Waals surface area (Å²) in [5.41, 5.74) is 1.48. The van der Waals surface area contributed by atoms with Crippen LogP contribution in [0.15, 0.2) is 66.3 Å². The Bertz CT molecular complexity index is 581. The third kappa shape index (κ3) is 3.72. The van der Waals surface area contributed by atoms with Gasteiger partial charge in [-0.3, -0.25) is 4.79 Å². The van der Waals surface area contributed by atoms with Crippen molar-refractivity contribution < 1.29 is 9.53 Å². The van der Waals surface area contributed by atoms with Gasteiger partial charge < -0.3 is 4.74 Å². The highest BCUT2D eigenvalue weighted by molar-refractivity contribution is 5.72. The van der Waals surface area contributed by atoms with Crippen LogP contribution in [0.3, 0.4) is 0 Å². The quantitative estimate of drug-likeness (QED) is 0.462. The van der Waals surface area contributed by atoms with Crippen molar-refractivity contribution in [1.82, 2.24) is 0 Å². The fraction of sp³-hybridized carbons (Fsp3) is 0.316. The third-order valence-corrected chi connectivity index (χ3v) is 4.10. The molecule has 2 atom stereocenters. The Hall–Kier alpha value is -2.09. The van der Waals surface area contributed by atoms with Gasteiger partial charge in [0.15, 0.2) is 0 Å². The molecule has 2 aliphatic carbocycles. The molecule has 1 fully saturated rings. The van der Waals surface area contributed by atoms with Crippen LogP contribution in [0, 0.1) is 11.8 Å². The number of rotatable bonds is 4. The lowest BCUT2D eigenvalue weighted by atomic mass is 10.0. The Balaban J connectivity index is 1.50. The summed E-state index contributed by atoms with van der Waals surface area (Å²) >= 11 is 0. The zero-order chi connectivity index (χ0) is 14.5. The first-order valence-corrected chi connectivity index (χ1v) is 7.61. The Kier molecular flexibility index (Phi) is 4.34. The molecule has 1 aromatic carbocycles. The second kappa shape index (κ2) is 6.57. The minimum atomic E-state index is -0.160. The van der Waals surface area contributed by atoms with Crippen LogP contribution in [0.5, 0.6) is 5.75 Å². The number of hydrogen-bond donors (Lipinski definition) is 0. The molecule has 1 saturated carbocycles. The number of hydrogen-bond acceptors (Lipinski definition) is 2. The van der Waals surface area contributed by atoms with E-state index in [0.717, 1.165) is 12.8 Å². The van der Waals surface area contributed by atoms with E-state index in [4.69, 9.17) is 4.74 Å². The molecule has 108 valence electrons. The lowest BCUT2D eigenvalue weighted by Crippen LogP contribution is -2.07. The zero-order valence-corrected chi connectivity index (χ0v) is 12.1. The summed E-state index contributed by atoms with van der Waals surface area (Å²) in [5.74, 6) is 1.70. The second-order valence-corrected chi connectivity index (χ2v) is 5.68. The molecule has 0 N–H and O–H groups in total. The summed E-state index contributed by atoms with van der Waals surface area (Å²) in [6.07, 6.45) is 14.7. The van der Waals surface area contributed by atoms with Gasteiger partial charge in [-0.25, -0.2) is 0 Å². The predicted octanol–water partition coefficient (Wildman–Crippen LogP) is 4.45. The van der Waals surface area contributed by atoms with Crippen molar-refractivity contribution in [2.45, 2.75) is 25.7 Å². The number of para-hydroxylation sites is 1. The van der Waals surface area contributed by atoms with Gasteiger partial charge in [-0.15, -0.1) is 0 Å². The second-order valence-electron chi connectivity index (χ2n) is 5.68. The molecule has 0 saturated heterocycles. The van der Waals surface area contributed by atoms with Gasteiger partial charge in [0.25, 0.3) is 0 Å². The van der Waals surface area contributed by atoms with Crippen molar-refractivity contribution in [3.05, 3.63) is 66.3 Å². The summed E-state index contributed by atoms with van der Waals surface area (Å²) < 4.78 is 5.29. The van der Waals surface area contributed by atoms with Gasteiger partial charge in [0.05, 0.1) is 0 Å². The molecule has 0 aromatic heterocycles. The summed E-state index contributed by atoms with van der Waals surface area (Å²) in [4.78, 5) is 11.8. The van der Waals surface area contributed by atoms with Gasteiger partial charge in [-0.05, 0) is 43.2 Å². The summed E-state index contributed by atoms with van der Waals surface area (Å²) in [5, 5.41) is 0. The highest BCUT2D eigenvalue weighted by Gasteiger charge is 2.26. The first-order chi connectivity index (χ1) is 10.3. The van der Waals surface area contributed by atoms with E-state index in [-0.39, 0.29) is 5.97 Å². The smallest absolute Gasteiger partial charge is 0.311 e. The Labute approximate surface area is 125 Å². The van der Waals surface area contributed by atoms with E-state index >= 15 is 0 Å². The van der Waals surface area contributed by atoms with Crippen LogP contribution in [0.2, 0.25) is 0 Å². The van der Waals surface area contributed by atoms with E-state index in [9.17, 15) is 4.79 Å². The van der Waals surface area contributed by atoms with Crippen LogP contribution >= 0.6 is 0 Å². The van der Waals surface area contributed by atoms with Crippen LogP contribution in [0.25, 0.3) is 0 Å². The molecule has 2 bridgehead atoms. The van der Waals surface area contributed by atoms with Crippen LogP contribution < -0.4 is 4.74 Å². The lowest BCUT2D eigenvalue weighted by Gasteiger charge is -2.06. The predicted molar refractivity (Wildman–Crippen MR) is 83.9 cm³/mol. The maximum atomic E-state index is 11.8. The molecule has 0 amide bonds. The normalized spacial score (nSPS) is 25.0. The molecule has 2 aliphatic rings. The molecule has 0 unspecified atom stereocenters. The summed E-state index contributed by atoms with van der Waals surface area (Å²) in [7, 11) is 0. The topological polar surface area (TPSA) is 26.3 Å². The van der Waals surface area contributed by atoms with Gasteiger partial charge in [0.2, 0.25) is 0 Å². The highest BCUT2D eigenvalue weighted by Crippen LogP contribution is 2.39. The molecule has 2 nitrogen and oxygen atoms in total. The van der Waals surface area contributed by atoms with E-state index < -0.39 is 0 Å². The first-order valence-electron chi connectivity index (χ1n) is 7.61. The van der Waals surface area contributed by atoms with Crippen molar-refractivity contribution in [1.29, 1.82) is 0 Å². The number of benzene rings is 1. The Morgan fingerprint density at radius 1 is 1.19 bits per heavy atom. The van der Waals surface area contributed by atoms with Gasteiger partial charge in [-0.2, -0.15) is 0 Å². The van der Waals surface area contributed by atoms with Crippen LogP contribution in [0.4, 0.5) is 0 Å². The van der Waals surface area contributed by atoms with Gasteiger partial charge in [-0.1, -0.05) is 54.2 Å². The van der Waals surface area contributed by atoms with Crippen LogP contribution in [-0.2, 0) is 4.79 Å². The van der Waals surface area contributed by atoms with E-state index in [2.05, 4.69) is 30.4 Å². The molecule has 0 heterocycles. The molecule has 1 aromatic rings. The molecule has 0 spiro atoms. The minimum Gasteiger partial charge on any atom is -0.427 e. The number of carbonyl (C=O) groups excluding carboxylic acids is 1. The van der Waals surface area contributed by atoms with Crippen LogP contribution in [0.1, 0.15) is 25.7 Å². The van der Waals surface area contributed by atoms with Gasteiger partial charge in [0.1, 0.15) is 5.75 Å². The Morgan fingerprint density at radius 2 is 2.00 bits per heavy atom. The maximum Gasteiger partial charge on any atom is 0.311 e. The molecule has 3 rings (SSSR count). The molecule has 0 radical (unpaired) electrons. The molecule has 2 heteroatoms. The number of fused-ring (bicyclic) bond motifs is 2. The molecule has 21 heavy (non-hydrogen) atoms. The first kappa shape index (κ1) is 13.9.